The van der Waals surface area contributed by atoms with Gasteiger partial charge in [0.1, 0.15) is 23.3 Å². The van der Waals surface area contributed by atoms with Crippen LogP contribution in [0.25, 0.3) is 66.1 Å². The summed E-state index contributed by atoms with van der Waals surface area (Å²) in [4.78, 5) is 11.7. The van der Waals surface area contributed by atoms with E-state index in [1.165, 1.54) is 44.2 Å². The van der Waals surface area contributed by atoms with Gasteiger partial charge in [0.15, 0.2) is 0 Å². The van der Waals surface area contributed by atoms with Gasteiger partial charge in [-0.05, 0) is 75.2 Å². The van der Waals surface area contributed by atoms with E-state index >= 15 is 0 Å². The molecule has 8 aromatic rings. The molecule has 0 fully saturated rings. The van der Waals surface area contributed by atoms with Crippen molar-refractivity contribution >= 4 is 49.9 Å². The maximum atomic E-state index is 6.59. The molecule has 0 atom stereocenters. The van der Waals surface area contributed by atoms with Crippen molar-refractivity contribution in [2.75, 3.05) is 4.90 Å². The Morgan fingerprint density at radius 2 is 1.51 bits per heavy atom. The number of hydrogen-bond donors (Lipinski definition) is 0. The van der Waals surface area contributed by atoms with Crippen LogP contribution in [-0.4, -0.2) is 9.97 Å². The fourth-order valence-electron chi connectivity index (χ4n) is 7.82. The summed E-state index contributed by atoms with van der Waals surface area (Å²) in [6.07, 6.45) is 3.61. The lowest BCUT2D eigenvalue weighted by Crippen LogP contribution is -2.18. The van der Waals surface area contributed by atoms with Crippen molar-refractivity contribution in [1.82, 2.24) is 9.97 Å². The predicted molar refractivity (Wildman–Crippen MR) is 183 cm³/mol. The second-order valence-corrected chi connectivity index (χ2v) is 12.7. The number of aromatic nitrogens is 2. The van der Waals surface area contributed by atoms with Crippen LogP contribution in [0.15, 0.2) is 132 Å². The van der Waals surface area contributed by atoms with Crippen molar-refractivity contribution in [2.45, 2.75) is 19.3 Å². The smallest absolute Gasteiger partial charge is 0.148 e. The summed E-state index contributed by atoms with van der Waals surface area (Å²) in [7, 11) is 0. The molecule has 4 heteroatoms. The molecule has 0 saturated heterocycles. The first-order valence-electron chi connectivity index (χ1n) is 15.4. The van der Waals surface area contributed by atoms with Gasteiger partial charge in [-0.25, -0.2) is 9.97 Å². The van der Waals surface area contributed by atoms with Crippen molar-refractivity contribution in [2.24, 2.45) is 0 Å². The molecule has 2 aromatic heterocycles. The molecule has 0 N–H and O–H groups in total. The maximum Gasteiger partial charge on any atom is 0.148 e. The first-order valence-corrected chi connectivity index (χ1v) is 15.4. The number of hydrogen-bond acceptors (Lipinski definition) is 4. The average Bonchev–Trinajstić information content (AvgIpc) is 3.57. The van der Waals surface area contributed by atoms with Crippen LogP contribution in [-0.2, 0) is 5.41 Å². The quantitative estimate of drug-likeness (QED) is 0.205. The second-order valence-electron chi connectivity index (χ2n) is 12.7. The van der Waals surface area contributed by atoms with Gasteiger partial charge in [-0.15, -0.1) is 0 Å². The molecular weight excluding hydrogens is 550 g/mol. The molecule has 212 valence electrons. The number of fused-ring (bicyclic) bond motifs is 9. The van der Waals surface area contributed by atoms with Crippen molar-refractivity contribution in [3.63, 3.8) is 0 Å². The molecular formula is C41H27N3O. The van der Waals surface area contributed by atoms with E-state index in [4.69, 9.17) is 9.40 Å². The Labute approximate surface area is 260 Å². The van der Waals surface area contributed by atoms with E-state index < -0.39 is 0 Å². The molecule has 45 heavy (non-hydrogen) atoms. The van der Waals surface area contributed by atoms with E-state index in [0.717, 1.165) is 50.3 Å². The summed E-state index contributed by atoms with van der Waals surface area (Å²) in [5.41, 5.74) is 13.5. The highest BCUT2D eigenvalue weighted by molar-refractivity contribution is 6.15. The fraction of sp³-hybridized carbons (Fsp3) is 0.0732. The van der Waals surface area contributed by atoms with Crippen LogP contribution in [0.2, 0.25) is 0 Å². The van der Waals surface area contributed by atoms with Crippen molar-refractivity contribution in [3.8, 4) is 33.4 Å². The van der Waals surface area contributed by atoms with Gasteiger partial charge in [-0.1, -0.05) is 92.7 Å². The number of rotatable bonds is 2. The van der Waals surface area contributed by atoms with Gasteiger partial charge in [0, 0.05) is 44.6 Å². The highest BCUT2D eigenvalue weighted by Crippen LogP contribution is 2.56. The number of furan rings is 1. The first-order chi connectivity index (χ1) is 22.1. The van der Waals surface area contributed by atoms with Crippen molar-refractivity contribution in [1.29, 1.82) is 0 Å². The monoisotopic (exact) mass is 577 g/mol. The minimum Gasteiger partial charge on any atom is -0.455 e. The third-order valence-corrected chi connectivity index (χ3v) is 9.92. The maximum absolute atomic E-state index is 6.59. The van der Waals surface area contributed by atoms with Gasteiger partial charge in [0.2, 0.25) is 0 Å². The lowest BCUT2D eigenvalue weighted by molar-refractivity contribution is 0.653. The van der Waals surface area contributed by atoms with E-state index in [0.29, 0.717) is 0 Å². The Morgan fingerprint density at radius 3 is 2.42 bits per heavy atom. The van der Waals surface area contributed by atoms with Gasteiger partial charge in [0.05, 0.1) is 5.69 Å². The molecule has 6 aromatic carbocycles. The molecule has 0 amide bonds. The topological polar surface area (TPSA) is 42.2 Å². The van der Waals surface area contributed by atoms with Crippen LogP contribution < -0.4 is 4.90 Å². The molecule has 3 heterocycles. The summed E-state index contributed by atoms with van der Waals surface area (Å²) in [5, 5.41) is 4.71. The number of nitrogens with zero attached hydrogens (tertiary/aromatic N) is 3. The molecule has 2 aliphatic rings. The minimum absolute atomic E-state index is 0.154. The number of anilines is 3. The van der Waals surface area contributed by atoms with E-state index in [9.17, 15) is 0 Å². The Hall–Kier alpha value is -5.74. The summed E-state index contributed by atoms with van der Waals surface area (Å²) in [6.45, 7) is 4.63. The van der Waals surface area contributed by atoms with Crippen LogP contribution in [0, 0.1) is 0 Å². The number of para-hydroxylation sites is 1. The molecule has 1 aliphatic carbocycles. The zero-order valence-corrected chi connectivity index (χ0v) is 24.9. The van der Waals surface area contributed by atoms with Crippen molar-refractivity contribution < 1.29 is 4.42 Å². The largest absolute Gasteiger partial charge is 0.455 e. The minimum atomic E-state index is -0.154. The normalized spacial score (nSPS) is 14.1. The lowest BCUT2D eigenvalue weighted by Gasteiger charge is -2.32. The van der Waals surface area contributed by atoms with E-state index in [-0.39, 0.29) is 5.41 Å². The number of benzene rings is 6. The van der Waals surface area contributed by atoms with Crippen molar-refractivity contribution in [3.05, 3.63) is 139 Å². The molecule has 10 rings (SSSR count). The molecule has 0 saturated carbocycles. The highest BCUT2D eigenvalue weighted by atomic mass is 16.3. The zero-order chi connectivity index (χ0) is 29.9. The molecule has 1 aliphatic heterocycles. The Balaban J connectivity index is 1.23. The Morgan fingerprint density at radius 1 is 0.667 bits per heavy atom. The third-order valence-electron chi connectivity index (χ3n) is 9.92. The van der Waals surface area contributed by atoms with Gasteiger partial charge in [-0.3, -0.25) is 4.90 Å². The van der Waals surface area contributed by atoms with Gasteiger partial charge in [0.25, 0.3) is 0 Å². The van der Waals surface area contributed by atoms with Crippen LogP contribution in [0.5, 0.6) is 0 Å². The highest BCUT2D eigenvalue weighted by Gasteiger charge is 2.39. The van der Waals surface area contributed by atoms with E-state index in [2.05, 4.69) is 133 Å². The zero-order valence-electron chi connectivity index (χ0n) is 24.9. The summed E-state index contributed by atoms with van der Waals surface area (Å²) >= 11 is 0. The fourth-order valence-corrected chi connectivity index (χ4v) is 7.82. The predicted octanol–water partition coefficient (Wildman–Crippen LogP) is 11.0. The Kier molecular flexibility index (Phi) is 4.76. The average molecular weight is 578 g/mol. The standard InChI is InChI=1S/C41H27N3O/c1-41(2)33-17-15-27(21-31(33)38-34(41)18-16-29-28-12-6-7-14-36(28)45-39(29)38)44-35-13-8-11-25-19-26(24-9-4-3-5-10-24)20-30(37(25)35)32-22-42-23-43-40(32)44/h3-23H,1-2H3. The Bertz CT molecular complexity index is 2530. The summed E-state index contributed by atoms with van der Waals surface area (Å²) in [6, 6.07) is 41.5. The third kappa shape index (κ3) is 3.26. The summed E-state index contributed by atoms with van der Waals surface area (Å²) < 4.78 is 6.59. The van der Waals surface area contributed by atoms with Crippen LogP contribution in [0.3, 0.4) is 0 Å². The summed E-state index contributed by atoms with van der Waals surface area (Å²) in [5.74, 6) is 0.884. The second kappa shape index (κ2) is 8.67. The molecule has 4 nitrogen and oxygen atoms in total. The SMILES string of the molecule is CC1(C)c2ccc(N3c4ncncc4-c4cc(-c5ccccc5)cc5cccc3c45)cc2-c2c1ccc1c2oc2ccccc21. The van der Waals surface area contributed by atoms with Crippen LogP contribution in [0.4, 0.5) is 17.2 Å². The van der Waals surface area contributed by atoms with Gasteiger partial charge in [-0.2, -0.15) is 0 Å². The van der Waals surface area contributed by atoms with E-state index in [1.807, 2.05) is 12.3 Å². The van der Waals surface area contributed by atoms with Gasteiger partial charge >= 0.3 is 0 Å². The molecule has 0 bridgehead atoms. The van der Waals surface area contributed by atoms with Crippen LogP contribution >= 0.6 is 0 Å². The lowest BCUT2D eigenvalue weighted by atomic mass is 9.82. The molecule has 0 spiro atoms. The van der Waals surface area contributed by atoms with E-state index in [1.54, 1.807) is 6.33 Å². The first kappa shape index (κ1) is 24.7. The van der Waals surface area contributed by atoms with Gasteiger partial charge < -0.3 is 4.42 Å². The molecule has 0 unspecified atom stereocenters. The van der Waals surface area contributed by atoms with Crippen LogP contribution in [0.1, 0.15) is 25.0 Å². The molecule has 0 radical (unpaired) electrons.